The second-order valence-electron chi connectivity index (χ2n) is 3.42. The highest BCUT2D eigenvalue weighted by Gasteiger charge is 2.19. The van der Waals surface area contributed by atoms with Crippen molar-refractivity contribution in [3.63, 3.8) is 0 Å². The molecule has 8 heteroatoms. The monoisotopic (exact) mass is 268 g/mol. The van der Waals surface area contributed by atoms with Crippen molar-refractivity contribution in [3.8, 4) is 0 Å². The fourth-order valence-corrected chi connectivity index (χ4v) is 2.55. The minimum atomic E-state index is -3.71. The summed E-state index contributed by atoms with van der Waals surface area (Å²) in [4.78, 5) is 3.90. The Bertz CT molecular complexity index is 610. The molecule has 7 nitrogen and oxygen atoms in total. The standard InChI is InChI=1S/C10H12N4O3S/c1-2-12-9-3-4-11-6-10(9)18(15,16)14-8-5-13-17-7-8/h3-7,14H,2H2,1H3,(H,11,12). The first-order valence-electron chi connectivity index (χ1n) is 5.23. The molecule has 0 saturated heterocycles. The molecule has 0 radical (unpaired) electrons. The van der Waals surface area contributed by atoms with Crippen molar-refractivity contribution in [2.45, 2.75) is 11.8 Å². The van der Waals surface area contributed by atoms with Crippen LogP contribution in [0, 0.1) is 0 Å². The first-order chi connectivity index (χ1) is 8.63. The summed E-state index contributed by atoms with van der Waals surface area (Å²) in [5, 5.41) is 6.39. The molecular weight excluding hydrogens is 256 g/mol. The number of pyridine rings is 1. The minimum Gasteiger partial charge on any atom is -0.384 e. The molecule has 0 aliphatic rings. The van der Waals surface area contributed by atoms with Gasteiger partial charge in [-0.25, -0.2) is 8.42 Å². The Morgan fingerprint density at radius 1 is 1.39 bits per heavy atom. The lowest BCUT2D eigenvalue weighted by atomic mass is 10.4. The van der Waals surface area contributed by atoms with E-state index < -0.39 is 10.0 Å². The topological polar surface area (TPSA) is 97.1 Å². The molecule has 0 bridgehead atoms. The zero-order valence-corrected chi connectivity index (χ0v) is 10.4. The summed E-state index contributed by atoms with van der Waals surface area (Å²) in [6.45, 7) is 2.49. The Balaban J connectivity index is 2.35. The molecule has 18 heavy (non-hydrogen) atoms. The van der Waals surface area contributed by atoms with Crippen LogP contribution in [-0.4, -0.2) is 25.1 Å². The van der Waals surface area contributed by atoms with Crippen molar-refractivity contribution in [3.05, 3.63) is 30.9 Å². The van der Waals surface area contributed by atoms with E-state index in [0.717, 1.165) is 0 Å². The lowest BCUT2D eigenvalue weighted by Crippen LogP contribution is -2.15. The second-order valence-corrected chi connectivity index (χ2v) is 5.07. The summed E-state index contributed by atoms with van der Waals surface area (Å²) in [5.41, 5.74) is 0.762. The van der Waals surface area contributed by atoms with E-state index in [-0.39, 0.29) is 10.6 Å². The smallest absolute Gasteiger partial charge is 0.265 e. The maximum Gasteiger partial charge on any atom is 0.265 e. The molecule has 0 aliphatic carbocycles. The second kappa shape index (κ2) is 5.05. The van der Waals surface area contributed by atoms with E-state index in [1.54, 1.807) is 6.07 Å². The van der Waals surface area contributed by atoms with Crippen LogP contribution in [0.1, 0.15) is 6.92 Å². The molecule has 0 fully saturated rings. The third-order valence-corrected chi connectivity index (χ3v) is 3.53. The predicted octanol–water partition coefficient (Wildman–Crippen LogP) is 1.30. The molecule has 2 heterocycles. The van der Waals surface area contributed by atoms with E-state index in [9.17, 15) is 8.42 Å². The Morgan fingerprint density at radius 2 is 2.22 bits per heavy atom. The van der Waals surface area contributed by atoms with Gasteiger partial charge in [-0.2, -0.15) is 0 Å². The van der Waals surface area contributed by atoms with Crippen LogP contribution in [0.2, 0.25) is 0 Å². The number of sulfonamides is 1. The van der Waals surface area contributed by atoms with Gasteiger partial charge in [0.05, 0.1) is 11.9 Å². The lowest BCUT2D eigenvalue weighted by Gasteiger charge is -2.10. The van der Waals surface area contributed by atoms with Crippen LogP contribution >= 0.6 is 0 Å². The molecule has 0 aromatic carbocycles. The molecule has 0 aliphatic heterocycles. The molecule has 96 valence electrons. The zero-order chi connectivity index (χ0) is 13.0. The summed E-state index contributed by atoms with van der Waals surface area (Å²) in [5.74, 6) is 0. The number of aromatic nitrogens is 2. The van der Waals surface area contributed by atoms with E-state index in [1.807, 2.05) is 6.92 Å². The highest BCUT2D eigenvalue weighted by atomic mass is 32.2. The van der Waals surface area contributed by atoms with Crippen molar-refractivity contribution < 1.29 is 12.9 Å². The van der Waals surface area contributed by atoms with Gasteiger partial charge >= 0.3 is 0 Å². The Hall–Kier alpha value is -2.09. The van der Waals surface area contributed by atoms with Crippen molar-refractivity contribution >= 4 is 21.4 Å². The van der Waals surface area contributed by atoms with E-state index in [0.29, 0.717) is 12.2 Å². The fourth-order valence-electron chi connectivity index (χ4n) is 1.40. The summed E-state index contributed by atoms with van der Waals surface area (Å²) < 4.78 is 31.2. The van der Waals surface area contributed by atoms with Gasteiger partial charge in [0.1, 0.15) is 16.8 Å². The van der Waals surface area contributed by atoms with Crippen LogP contribution in [0.3, 0.4) is 0 Å². The van der Waals surface area contributed by atoms with E-state index in [1.165, 1.54) is 24.9 Å². The average molecular weight is 268 g/mol. The van der Waals surface area contributed by atoms with Gasteiger partial charge in [-0.15, -0.1) is 0 Å². The molecule has 0 unspecified atom stereocenters. The zero-order valence-electron chi connectivity index (χ0n) is 9.62. The van der Waals surface area contributed by atoms with Crippen molar-refractivity contribution in [1.82, 2.24) is 10.1 Å². The molecular formula is C10H12N4O3S. The first kappa shape index (κ1) is 12.4. The highest BCUT2D eigenvalue weighted by Crippen LogP contribution is 2.22. The van der Waals surface area contributed by atoms with Gasteiger partial charge in [-0.1, -0.05) is 5.16 Å². The number of anilines is 2. The normalized spacial score (nSPS) is 11.2. The van der Waals surface area contributed by atoms with E-state index in [2.05, 4.69) is 24.7 Å². The molecule has 2 aromatic rings. The molecule has 0 spiro atoms. The summed E-state index contributed by atoms with van der Waals surface area (Å²) in [6, 6.07) is 1.60. The maximum atomic E-state index is 12.1. The molecule has 0 amide bonds. The Labute approximate surface area is 104 Å². The molecule has 2 aromatic heterocycles. The van der Waals surface area contributed by atoms with Gasteiger partial charge in [0, 0.05) is 18.9 Å². The number of nitrogens with zero attached hydrogens (tertiary/aromatic N) is 2. The number of rotatable bonds is 5. The molecule has 0 saturated carbocycles. The van der Waals surface area contributed by atoms with E-state index in [4.69, 9.17) is 0 Å². The first-order valence-corrected chi connectivity index (χ1v) is 6.72. The van der Waals surface area contributed by atoms with Gasteiger partial charge in [0.25, 0.3) is 10.0 Å². The number of hydrogen-bond acceptors (Lipinski definition) is 6. The van der Waals surface area contributed by atoms with Crippen molar-refractivity contribution in [2.24, 2.45) is 0 Å². The largest absolute Gasteiger partial charge is 0.384 e. The van der Waals surface area contributed by atoms with Gasteiger partial charge in [-0.3, -0.25) is 9.71 Å². The van der Waals surface area contributed by atoms with Crippen molar-refractivity contribution in [2.75, 3.05) is 16.6 Å². The number of hydrogen-bond donors (Lipinski definition) is 2. The minimum absolute atomic E-state index is 0.0769. The lowest BCUT2D eigenvalue weighted by molar-refractivity contribution is 0.420. The van der Waals surface area contributed by atoms with Gasteiger partial charge in [-0.05, 0) is 13.0 Å². The highest BCUT2D eigenvalue weighted by molar-refractivity contribution is 7.92. The van der Waals surface area contributed by atoms with Gasteiger partial charge in [0.15, 0.2) is 0 Å². The number of nitrogens with one attached hydrogen (secondary N) is 2. The Kier molecular flexibility index (Phi) is 3.47. The van der Waals surface area contributed by atoms with Crippen LogP contribution in [0.5, 0.6) is 0 Å². The summed E-state index contributed by atoms with van der Waals surface area (Å²) >= 11 is 0. The molecule has 0 atom stereocenters. The van der Waals surface area contributed by atoms with Gasteiger partial charge < -0.3 is 9.84 Å². The maximum absolute atomic E-state index is 12.1. The predicted molar refractivity (Wildman–Crippen MR) is 65.7 cm³/mol. The quantitative estimate of drug-likeness (QED) is 0.848. The van der Waals surface area contributed by atoms with Crippen LogP contribution in [-0.2, 0) is 10.0 Å². The molecule has 2 rings (SSSR count). The van der Waals surface area contributed by atoms with Crippen LogP contribution < -0.4 is 10.0 Å². The summed E-state index contributed by atoms with van der Waals surface area (Å²) in [7, 11) is -3.71. The molecule has 2 N–H and O–H groups in total. The summed E-state index contributed by atoms with van der Waals surface area (Å²) in [6.07, 6.45) is 5.30. The van der Waals surface area contributed by atoms with Gasteiger partial charge in [0.2, 0.25) is 0 Å². The third-order valence-electron chi connectivity index (χ3n) is 2.13. The third kappa shape index (κ3) is 2.59. The fraction of sp³-hybridized carbons (Fsp3) is 0.200. The van der Waals surface area contributed by atoms with E-state index >= 15 is 0 Å². The average Bonchev–Trinajstić information content (AvgIpc) is 2.82. The van der Waals surface area contributed by atoms with Crippen molar-refractivity contribution in [1.29, 1.82) is 0 Å². The SMILES string of the molecule is CCNc1ccncc1S(=O)(=O)Nc1cnoc1. The van der Waals surface area contributed by atoms with Crippen LogP contribution in [0.4, 0.5) is 11.4 Å². The Morgan fingerprint density at radius 3 is 2.89 bits per heavy atom. The van der Waals surface area contributed by atoms with Crippen LogP contribution in [0.25, 0.3) is 0 Å². The van der Waals surface area contributed by atoms with Crippen LogP contribution in [0.15, 0.2) is 40.3 Å².